The molecule has 0 aliphatic rings. The molecule has 102 valence electrons. The van der Waals surface area contributed by atoms with Gasteiger partial charge in [-0.15, -0.1) is 20.4 Å². The molecule has 2 rings (SSSR count). The van der Waals surface area contributed by atoms with Crippen molar-refractivity contribution in [2.45, 2.75) is 33.9 Å². The summed E-state index contributed by atoms with van der Waals surface area (Å²) < 4.78 is 8.52. The molecule has 19 heavy (non-hydrogen) atoms. The Hall–Kier alpha value is -2.25. The van der Waals surface area contributed by atoms with Gasteiger partial charge in [-0.2, -0.15) is 0 Å². The lowest BCUT2D eigenvalue weighted by molar-refractivity contribution is 0.0506. The van der Waals surface area contributed by atoms with Crippen LogP contribution in [0.15, 0.2) is 6.33 Å². The molecule has 0 saturated carbocycles. The number of nitrogens with zero attached hydrogens (tertiary/aromatic N) is 6. The average Bonchev–Trinajstić information content (AvgIpc) is 2.98. The van der Waals surface area contributed by atoms with Crippen LogP contribution in [0, 0.1) is 6.92 Å². The van der Waals surface area contributed by atoms with Crippen molar-refractivity contribution in [1.29, 1.82) is 0 Å². The second-order valence-corrected chi connectivity index (χ2v) is 3.91. The lowest BCUT2D eigenvalue weighted by Crippen LogP contribution is -2.17. The minimum atomic E-state index is -0.481. The molecular formula is C11H16N6O2. The highest BCUT2D eigenvalue weighted by Crippen LogP contribution is 2.07. The highest BCUT2D eigenvalue weighted by atomic mass is 16.5. The topological polar surface area (TPSA) is 87.7 Å². The summed E-state index contributed by atoms with van der Waals surface area (Å²) in [4.78, 5) is 11.8. The van der Waals surface area contributed by atoms with Gasteiger partial charge in [0.25, 0.3) is 0 Å². The monoisotopic (exact) mass is 264 g/mol. The van der Waals surface area contributed by atoms with E-state index in [1.165, 1.54) is 0 Å². The molecule has 2 heterocycles. The summed E-state index contributed by atoms with van der Waals surface area (Å²) >= 11 is 0. The molecule has 0 saturated heterocycles. The van der Waals surface area contributed by atoms with E-state index in [1.54, 1.807) is 24.7 Å². The predicted octanol–water partition coefficient (Wildman–Crippen LogP) is 0.423. The predicted molar refractivity (Wildman–Crippen MR) is 65.5 cm³/mol. The number of esters is 1. The summed E-state index contributed by atoms with van der Waals surface area (Å²) in [5.41, 5.74) is 0. The van der Waals surface area contributed by atoms with E-state index in [4.69, 9.17) is 4.74 Å². The van der Waals surface area contributed by atoms with E-state index in [-0.39, 0.29) is 5.82 Å². The van der Waals surface area contributed by atoms with E-state index >= 15 is 0 Å². The van der Waals surface area contributed by atoms with Crippen molar-refractivity contribution < 1.29 is 9.53 Å². The van der Waals surface area contributed by atoms with Crippen LogP contribution in [0.3, 0.4) is 0 Å². The summed E-state index contributed by atoms with van der Waals surface area (Å²) in [5.74, 6) is 1.08. The summed E-state index contributed by atoms with van der Waals surface area (Å²) in [6, 6.07) is 0. The fraction of sp³-hybridized carbons (Fsp3) is 0.545. The van der Waals surface area contributed by atoms with Gasteiger partial charge in [-0.25, -0.2) is 4.79 Å². The summed E-state index contributed by atoms with van der Waals surface area (Å²) in [6.45, 7) is 6.98. The van der Waals surface area contributed by atoms with E-state index in [1.807, 2.05) is 11.5 Å². The third-order valence-corrected chi connectivity index (χ3v) is 2.73. The van der Waals surface area contributed by atoms with Gasteiger partial charge in [-0.3, -0.25) is 4.57 Å². The third kappa shape index (κ3) is 2.61. The van der Waals surface area contributed by atoms with E-state index in [2.05, 4.69) is 20.4 Å². The molecule has 0 spiro atoms. The van der Waals surface area contributed by atoms with Gasteiger partial charge >= 0.3 is 5.97 Å². The Bertz CT molecular complexity index is 574. The van der Waals surface area contributed by atoms with Crippen LogP contribution < -0.4 is 0 Å². The van der Waals surface area contributed by atoms with Gasteiger partial charge in [0.1, 0.15) is 12.2 Å². The van der Waals surface area contributed by atoms with E-state index < -0.39 is 5.97 Å². The number of carbonyl (C=O) groups excluding carboxylic acids is 1. The van der Waals surface area contributed by atoms with Crippen molar-refractivity contribution in [2.24, 2.45) is 0 Å². The van der Waals surface area contributed by atoms with Crippen LogP contribution in [-0.4, -0.2) is 42.1 Å². The van der Waals surface area contributed by atoms with E-state index in [0.717, 1.165) is 12.4 Å². The Balaban J connectivity index is 2.29. The normalized spacial score (nSPS) is 10.7. The first-order valence-electron chi connectivity index (χ1n) is 6.11. The molecule has 0 amide bonds. The van der Waals surface area contributed by atoms with Gasteiger partial charge in [0.15, 0.2) is 5.82 Å². The molecular weight excluding hydrogens is 248 g/mol. The molecule has 0 aliphatic carbocycles. The van der Waals surface area contributed by atoms with Crippen LogP contribution in [0.2, 0.25) is 0 Å². The van der Waals surface area contributed by atoms with Gasteiger partial charge in [0.2, 0.25) is 5.82 Å². The van der Waals surface area contributed by atoms with Gasteiger partial charge in [-0.1, -0.05) is 0 Å². The Morgan fingerprint density at radius 3 is 2.79 bits per heavy atom. The summed E-state index contributed by atoms with van der Waals surface area (Å²) in [5, 5.41) is 15.7. The molecule has 0 aromatic carbocycles. The molecule has 8 nitrogen and oxygen atoms in total. The van der Waals surface area contributed by atoms with Crippen molar-refractivity contribution >= 4 is 5.97 Å². The third-order valence-electron chi connectivity index (χ3n) is 2.73. The van der Waals surface area contributed by atoms with Crippen LogP contribution in [0.25, 0.3) is 0 Å². The zero-order chi connectivity index (χ0) is 13.8. The number of rotatable bonds is 5. The minimum absolute atomic E-state index is 0.185. The molecule has 0 unspecified atom stereocenters. The summed E-state index contributed by atoms with van der Waals surface area (Å²) in [6.07, 6.45) is 1.65. The maximum absolute atomic E-state index is 11.8. The van der Waals surface area contributed by atoms with Gasteiger partial charge in [0, 0.05) is 6.54 Å². The standard InChI is InChI=1S/C11H16N6O2/c1-4-16-7-12-14-9(16)6-17-8(3)13-15-10(17)11(18)19-5-2/h7H,4-6H2,1-3H3. The van der Waals surface area contributed by atoms with Crippen LogP contribution in [0.5, 0.6) is 0 Å². The molecule has 0 fully saturated rings. The van der Waals surface area contributed by atoms with E-state index in [9.17, 15) is 4.79 Å². The first-order valence-corrected chi connectivity index (χ1v) is 6.11. The fourth-order valence-electron chi connectivity index (χ4n) is 1.72. The number of hydrogen-bond acceptors (Lipinski definition) is 6. The first-order chi connectivity index (χ1) is 9.17. The Kier molecular flexibility index (Phi) is 3.88. The molecule has 0 aliphatic heterocycles. The van der Waals surface area contributed by atoms with Crippen LogP contribution in [0.1, 0.15) is 36.1 Å². The maximum atomic E-state index is 11.8. The van der Waals surface area contributed by atoms with Crippen LogP contribution in [0.4, 0.5) is 0 Å². The molecule has 2 aromatic heterocycles. The van der Waals surface area contributed by atoms with Crippen molar-refractivity contribution in [2.75, 3.05) is 6.61 Å². The zero-order valence-electron chi connectivity index (χ0n) is 11.2. The fourth-order valence-corrected chi connectivity index (χ4v) is 1.72. The molecule has 0 N–H and O–H groups in total. The Morgan fingerprint density at radius 1 is 1.32 bits per heavy atom. The van der Waals surface area contributed by atoms with E-state index in [0.29, 0.717) is 19.0 Å². The maximum Gasteiger partial charge on any atom is 0.376 e. The van der Waals surface area contributed by atoms with Crippen molar-refractivity contribution in [3.63, 3.8) is 0 Å². The van der Waals surface area contributed by atoms with Crippen LogP contribution >= 0.6 is 0 Å². The lowest BCUT2D eigenvalue weighted by Gasteiger charge is -2.08. The Labute approximate surface area is 110 Å². The van der Waals surface area contributed by atoms with Gasteiger partial charge in [0.05, 0.1) is 13.2 Å². The second kappa shape index (κ2) is 5.59. The summed E-state index contributed by atoms with van der Waals surface area (Å²) in [7, 11) is 0. The van der Waals surface area contributed by atoms with Crippen molar-refractivity contribution in [3.8, 4) is 0 Å². The number of hydrogen-bond donors (Lipinski definition) is 0. The molecule has 0 radical (unpaired) electrons. The molecule has 0 atom stereocenters. The Morgan fingerprint density at radius 2 is 2.11 bits per heavy atom. The largest absolute Gasteiger partial charge is 0.460 e. The second-order valence-electron chi connectivity index (χ2n) is 3.91. The average molecular weight is 264 g/mol. The van der Waals surface area contributed by atoms with Crippen molar-refractivity contribution in [3.05, 3.63) is 23.8 Å². The highest BCUT2D eigenvalue weighted by molar-refractivity contribution is 5.85. The molecule has 2 aromatic rings. The van der Waals surface area contributed by atoms with Gasteiger partial charge in [-0.05, 0) is 20.8 Å². The smallest absolute Gasteiger partial charge is 0.376 e. The minimum Gasteiger partial charge on any atom is -0.460 e. The van der Waals surface area contributed by atoms with Crippen molar-refractivity contribution in [1.82, 2.24) is 29.5 Å². The number of aromatic nitrogens is 6. The zero-order valence-corrected chi connectivity index (χ0v) is 11.2. The van der Waals surface area contributed by atoms with Crippen LogP contribution in [-0.2, 0) is 17.8 Å². The SMILES string of the molecule is CCOC(=O)c1nnc(C)n1Cc1nncn1CC. The number of aryl methyl sites for hydroxylation is 2. The number of carbonyl (C=O) groups is 1. The van der Waals surface area contributed by atoms with Gasteiger partial charge < -0.3 is 9.30 Å². The quantitative estimate of drug-likeness (QED) is 0.727. The highest BCUT2D eigenvalue weighted by Gasteiger charge is 2.19. The molecule has 0 bridgehead atoms. The first kappa shape index (κ1) is 13.2. The molecule has 8 heteroatoms. The lowest BCUT2D eigenvalue weighted by atomic mass is 10.4. The number of ether oxygens (including phenoxy) is 1.